The predicted octanol–water partition coefficient (Wildman–Crippen LogP) is 4.68. The van der Waals surface area contributed by atoms with E-state index in [0.717, 1.165) is 16.7 Å². The van der Waals surface area contributed by atoms with E-state index >= 15 is 0 Å². The fourth-order valence-electron chi connectivity index (χ4n) is 2.28. The van der Waals surface area contributed by atoms with Crippen molar-refractivity contribution in [1.82, 2.24) is 9.97 Å². The molecule has 0 bridgehead atoms. The number of nitrogens with one attached hydrogen (secondary N) is 1. The SMILES string of the molecule is Cc1cccc(Cc2nc(=S)c(Br)c(C3CC3)[nH]2)c1. The molecule has 0 aliphatic heterocycles. The van der Waals surface area contributed by atoms with Gasteiger partial charge in [-0.2, -0.15) is 0 Å². The van der Waals surface area contributed by atoms with Crippen LogP contribution in [0.15, 0.2) is 28.7 Å². The molecule has 0 saturated heterocycles. The summed E-state index contributed by atoms with van der Waals surface area (Å²) in [6.07, 6.45) is 3.30. The highest BCUT2D eigenvalue weighted by Gasteiger charge is 2.27. The summed E-state index contributed by atoms with van der Waals surface area (Å²) in [5, 5.41) is 0. The van der Waals surface area contributed by atoms with E-state index in [9.17, 15) is 0 Å². The first-order chi connectivity index (χ1) is 9.13. The minimum absolute atomic E-state index is 0.635. The van der Waals surface area contributed by atoms with Crippen LogP contribution in [0, 0.1) is 11.6 Å². The molecule has 98 valence electrons. The third-order valence-electron chi connectivity index (χ3n) is 3.38. The first kappa shape index (κ1) is 13.0. The molecule has 4 heteroatoms. The van der Waals surface area contributed by atoms with Gasteiger partial charge in [0, 0.05) is 18.0 Å². The van der Waals surface area contributed by atoms with Gasteiger partial charge in [-0.3, -0.25) is 0 Å². The zero-order valence-electron chi connectivity index (χ0n) is 10.7. The van der Waals surface area contributed by atoms with Gasteiger partial charge in [-0.05, 0) is 41.3 Å². The third-order valence-corrected chi connectivity index (χ3v) is 4.74. The topological polar surface area (TPSA) is 28.7 Å². The molecular weight excluding hydrogens is 320 g/mol. The van der Waals surface area contributed by atoms with E-state index in [-0.39, 0.29) is 0 Å². The average molecular weight is 335 g/mol. The largest absolute Gasteiger partial charge is 0.346 e. The second-order valence-electron chi connectivity index (χ2n) is 5.16. The van der Waals surface area contributed by atoms with E-state index in [1.54, 1.807) is 0 Å². The summed E-state index contributed by atoms with van der Waals surface area (Å²) in [7, 11) is 0. The fraction of sp³-hybridized carbons (Fsp3) is 0.333. The van der Waals surface area contributed by atoms with E-state index in [1.165, 1.54) is 29.7 Å². The molecule has 1 N–H and O–H groups in total. The van der Waals surface area contributed by atoms with Gasteiger partial charge in [0.2, 0.25) is 0 Å². The average Bonchev–Trinajstić information content (AvgIpc) is 3.18. The van der Waals surface area contributed by atoms with Gasteiger partial charge in [0.05, 0.1) is 4.47 Å². The molecule has 0 atom stereocenters. The van der Waals surface area contributed by atoms with Gasteiger partial charge in [-0.1, -0.05) is 42.0 Å². The van der Waals surface area contributed by atoms with Crippen LogP contribution in [-0.4, -0.2) is 9.97 Å². The highest BCUT2D eigenvalue weighted by molar-refractivity contribution is 9.10. The van der Waals surface area contributed by atoms with Crippen LogP contribution >= 0.6 is 28.1 Å². The minimum Gasteiger partial charge on any atom is -0.346 e. The van der Waals surface area contributed by atoms with Crippen LogP contribution in [0.1, 0.15) is 41.4 Å². The summed E-state index contributed by atoms with van der Waals surface area (Å²) in [5.41, 5.74) is 3.76. The minimum atomic E-state index is 0.635. The number of hydrogen-bond donors (Lipinski definition) is 1. The summed E-state index contributed by atoms with van der Waals surface area (Å²) in [4.78, 5) is 7.94. The zero-order valence-corrected chi connectivity index (χ0v) is 13.1. The molecule has 3 rings (SSSR count). The fourth-order valence-corrected chi connectivity index (χ4v) is 3.01. The van der Waals surface area contributed by atoms with Crippen molar-refractivity contribution in [3.63, 3.8) is 0 Å². The third kappa shape index (κ3) is 2.95. The van der Waals surface area contributed by atoms with Gasteiger partial charge in [-0.25, -0.2) is 4.98 Å². The maximum absolute atomic E-state index is 5.34. The van der Waals surface area contributed by atoms with Gasteiger partial charge in [0.15, 0.2) is 0 Å². The van der Waals surface area contributed by atoms with Gasteiger partial charge in [-0.15, -0.1) is 0 Å². The number of rotatable bonds is 3. The smallest absolute Gasteiger partial charge is 0.144 e. The highest BCUT2D eigenvalue weighted by Crippen LogP contribution is 2.42. The normalized spacial score (nSPS) is 14.6. The molecule has 2 nitrogen and oxygen atoms in total. The van der Waals surface area contributed by atoms with E-state index in [0.29, 0.717) is 10.6 Å². The molecule has 2 aromatic rings. The lowest BCUT2D eigenvalue weighted by Gasteiger charge is -2.08. The molecule has 1 aliphatic carbocycles. The number of aromatic nitrogens is 2. The molecule has 1 fully saturated rings. The van der Waals surface area contributed by atoms with Gasteiger partial charge in [0.1, 0.15) is 10.5 Å². The zero-order chi connectivity index (χ0) is 13.4. The second kappa shape index (κ2) is 5.17. The second-order valence-corrected chi connectivity index (χ2v) is 6.34. The standard InChI is InChI=1S/C15H15BrN2S/c1-9-3-2-4-10(7-9)8-12-17-14(11-5-6-11)13(16)15(19)18-12/h2-4,7,11H,5-6,8H2,1H3,(H,17,18,19). The first-order valence-corrected chi connectivity index (χ1v) is 7.68. The van der Waals surface area contributed by atoms with E-state index in [1.807, 2.05) is 0 Å². The Kier molecular flexibility index (Phi) is 3.54. The van der Waals surface area contributed by atoms with E-state index < -0.39 is 0 Å². The number of halogens is 1. The lowest BCUT2D eigenvalue weighted by molar-refractivity contribution is 0.882. The molecule has 0 unspecified atom stereocenters. The van der Waals surface area contributed by atoms with Crippen molar-refractivity contribution in [3.8, 4) is 0 Å². The summed E-state index contributed by atoms with van der Waals surface area (Å²) >= 11 is 8.89. The molecule has 1 saturated carbocycles. The maximum atomic E-state index is 5.34. The number of nitrogens with zero attached hydrogens (tertiary/aromatic N) is 1. The Balaban J connectivity index is 1.95. The van der Waals surface area contributed by atoms with Crippen LogP contribution in [0.4, 0.5) is 0 Å². The van der Waals surface area contributed by atoms with Crippen LogP contribution < -0.4 is 0 Å². The molecule has 0 amide bonds. The molecule has 1 heterocycles. The molecular formula is C15H15BrN2S. The molecule has 1 aromatic carbocycles. The Morgan fingerprint density at radius 1 is 1.42 bits per heavy atom. The Labute approximate surface area is 126 Å². The maximum Gasteiger partial charge on any atom is 0.144 e. The van der Waals surface area contributed by atoms with Crippen molar-refractivity contribution < 1.29 is 0 Å². The van der Waals surface area contributed by atoms with Gasteiger partial charge < -0.3 is 4.98 Å². The molecule has 19 heavy (non-hydrogen) atoms. The van der Waals surface area contributed by atoms with E-state index in [2.05, 4.69) is 57.1 Å². The number of aryl methyl sites for hydroxylation is 1. The van der Waals surface area contributed by atoms with Crippen molar-refractivity contribution in [2.75, 3.05) is 0 Å². The highest BCUT2D eigenvalue weighted by atomic mass is 79.9. The summed E-state index contributed by atoms with van der Waals surface area (Å²) in [6, 6.07) is 8.51. The van der Waals surface area contributed by atoms with Crippen molar-refractivity contribution >= 4 is 28.1 Å². The molecule has 1 aliphatic rings. The summed E-state index contributed by atoms with van der Waals surface area (Å²) in [5.74, 6) is 1.59. The summed E-state index contributed by atoms with van der Waals surface area (Å²) < 4.78 is 1.64. The number of H-pyrrole nitrogens is 1. The van der Waals surface area contributed by atoms with Crippen molar-refractivity contribution in [2.45, 2.75) is 32.1 Å². The van der Waals surface area contributed by atoms with Crippen molar-refractivity contribution in [1.29, 1.82) is 0 Å². The van der Waals surface area contributed by atoms with Crippen LogP contribution in [0.3, 0.4) is 0 Å². The lowest BCUT2D eigenvalue weighted by atomic mass is 10.1. The Morgan fingerprint density at radius 3 is 2.89 bits per heavy atom. The number of hydrogen-bond acceptors (Lipinski definition) is 2. The Morgan fingerprint density at radius 2 is 2.21 bits per heavy atom. The molecule has 1 aromatic heterocycles. The number of aromatic amines is 1. The van der Waals surface area contributed by atoms with Crippen LogP contribution in [-0.2, 0) is 6.42 Å². The van der Waals surface area contributed by atoms with Crippen LogP contribution in [0.5, 0.6) is 0 Å². The van der Waals surface area contributed by atoms with Crippen molar-refractivity contribution in [2.24, 2.45) is 0 Å². The number of benzene rings is 1. The first-order valence-electron chi connectivity index (χ1n) is 6.47. The van der Waals surface area contributed by atoms with Gasteiger partial charge >= 0.3 is 0 Å². The van der Waals surface area contributed by atoms with Gasteiger partial charge in [0.25, 0.3) is 0 Å². The quantitative estimate of drug-likeness (QED) is 0.825. The molecule has 0 radical (unpaired) electrons. The monoisotopic (exact) mass is 334 g/mol. The van der Waals surface area contributed by atoms with E-state index in [4.69, 9.17) is 12.2 Å². The van der Waals surface area contributed by atoms with Crippen molar-refractivity contribution in [3.05, 3.63) is 56.0 Å². The predicted molar refractivity (Wildman–Crippen MR) is 83.1 cm³/mol. The van der Waals surface area contributed by atoms with Crippen LogP contribution in [0.25, 0.3) is 0 Å². The summed E-state index contributed by atoms with van der Waals surface area (Å²) in [6.45, 7) is 2.11. The Hall–Kier alpha value is -1.00. The van der Waals surface area contributed by atoms with Crippen LogP contribution in [0.2, 0.25) is 0 Å². The Bertz CT molecular complexity index is 674. The lowest BCUT2D eigenvalue weighted by Crippen LogP contribution is -2.02. The molecule has 0 spiro atoms.